The van der Waals surface area contributed by atoms with E-state index in [9.17, 15) is 4.79 Å². The lowest BCUT2D eigenvalue weighted by Gasteiger charge is -2.07. The van der Waals surface area contributed by atoms with Crippen LogP contribution in [-0.4, -0.2) is 29.2 Å². The lowest BCUT2D eigenvalue weighted by atomic mass is 10.2. The number of H-pyrrole nitrogens is 1. The number of amides is 1. The number of aromatic amines is 1. The van der Waals surface area contributed by atoms with Gasteiger partial charge in [0.2, 0.25) is 0 Å². The van der Waals surface area contributed by atoms with Crippen LogP contribution in [0.2, 0.25) is 0 Å². The van der Waals surface area contributed by atoms with E-state index < -0.39 is 0 Å². The summed E-state index contributed by atoms with van der Waals surface area (Å²) in [6.45, 7) is 2.08. The van der Waals surface area contributed by atoms with E-state index in [4.69, 9.17) is 9.84 Å². The number of nitrogens with one attached hydrogen (secondary N) is 2. The third-order valence-corrected chi connectivity index (χ3v) is 2.67. The Labute approximate surface area is 111 Å². The highest BCUT2D eigenvalue weighted by Crippen LogP contribution is 2.17. The molecule has 5 heteroatoms. The van der Waals surface area contributed by atoms with Gasteiger partial charge in [0.1, 0.15) is 12.4 Å². The number of hydrogen-bond acceptors (Lipinski definition) is 3. The van der Waals surface area contributed by atoms with Crippen LogP contribution in [0.1, 0.15) is 16.1 Å². The molecule has 2 rings (SSSR count). The number of rotatable bonds is 5. The van der Waals surface area contributed by atoms with E-state index in [-0.39, 0.29) is 19.1 Å². The third kappa shape index (κ3) is 3.35. The second-order valence-electron chi connectivity index (χ2n) is 4.07. The van der Waals surface area contributed by atoms with Crippen molar-refractivity contribution in [3.05, 3.63) is 47.8 Å². The highest BCUT2D eigenvalue weighted by atomic mass is 16.5. The molecule has 1 aromatic heterocycles. The summed E-state index contributed by atoms with van der Waals surface area (Å²) in [4.78, 5) is 14.9. The van der Waals surface area contributed by atoms with Crippen molar-refractivity contribution >= 4 is 11.6 Å². The average Bonchev–Trinajstić information content (AvgIpc) is 2.84. The third-order valence-electron chi connectivity index (χ3n) is 2.67. The molecule has 0 saturated heterocycles. The van der Waals surface area contributed by atoms with Crippen molar-refractivity contribution in [3.8, 4) is 5.75 Å². The minimum Gasteiger partial charge on any atom is -0.491 e. The highest BCUT2D eigenvalue weighted by molar-refractivity contribution is 6.05. The highest BCUT2D eigenvalue weighted by Gasteiger charge is 2.09. The van der Waals surface area contributed by atoms with Gasteiger partial charge in [-0.15, -0.1) is 0 Å². The maximum atomic E-state index is 12.0. The van der Waals surface area contributed by atoms with Gasteiger partial charge in [0.25, 0.3) is 5.91 Å². The fourth-order valence-electron chi connectivity index (χ4n) is 1.70. The molecule has 1 aromatic carbocycles. The molecule has 0 aliphatic rings. The van der Waals surface area contributed by atoms with Gasteiger partial charge in [-0.1, -0.05) is 0 Å². The molecule has 0 radical (unpaired) electrons. The molecule has 1 amide bonds. The number of aryl methyl sites for hydroxylation is 1. The summed E-state index contributed by atoms with van der Waals surface area (Å²) in [6, 6.07) is 8.74. The predicted molar refractivity (Wildman–Crippen MR) is 72.5 cm³/mol. The lowest BCUT2D eigenvalue weighted by molar-refractivity contribution is 0.102. The van der Waals surface area contributed by atoms with E-state index in [0.717, 1.165) is 5.69 Å². The fourth-order valence-corrected chi connectivity index (χ4v) is 1.70. The van der Waals surface area contributed by atoms with Crippen LogP contribution in [0, 0.1) is 6.92 Å². The minimum atomic E-state index is -0.150. The normalized spacial score (nSPS) is 10.2. The Balaban J connectivity index is 2.00. The topological polar surface area (TPSA) is 74.4 Å². The number of ether oxygens (including phenoxy) is 1. The smallest absolute Gasteiger partial charge is 0.257 e. The van der Waals surface area contributed by atoms with Crippen LogP contribution in [0.3, 0.4) is 0 Å². The van der Waals surface area contributed by atoms with Crippen LogP contribution in [0.4, 0.5) is 5.69 Å². The van der Waals surface area contributed by atoms with Gasteiger partial charge in [0.05, 0.1) is 12.2 Å². The van der Waals surface area contributed by atoms with E-state index in [2.05, 4.69) is 10.3 Å². The summed E-state index contributed by atoms with van der Waals surface area (Å²) in [5.41, 5.74) is 2.16. The first-order valence-electron chi connectivity index (χ1n) is 6.00. The quantitative estimate of drug-likeness (QED) is 0.769. The van der Waals surface area contributed by atoms with Gasteiger partial charge in [-0.25, -0.2) is 0 Å². The number of aromatic nitrogens is 1. The minimum absolute atomic E-state index is 0.0226. The number of hydrogen-bond donors (Lipinski definition) is 3. The van der Waals surface area contributed by atoms with Gasteiger partial charge in [0, 0.05) is 17.6 Å². The molecule has 0 spiro atoms. The van der Waals surface area contributed by atoms with Crippen LogP contribution < -0.4 is 10.1 Å². The van der Waals surface area contributed by atoms with Gasteiger partial charge >= 0.3 is 0 Å². The Morgan fingerprint density at radius 2 is 2.05 bits per heavy atom. The summed E-state index contributed by atoms with van der Waals surface area (Å²) in [7, 11) is 0. The van der Waals surface area contributed by atoms with E-state index >= 15 is 0 Å². The molecule has 3 N–H and O–H groups in total. The Bertz CT molecular complexity index is 546. The van der Waals surface area contributed by atoms with Crippen molar-refractivity contribution in [3.63, 3.8) is 0 Å². The molecule has 0 atom stereocenters. The molecule has 0 bridgehead atoms. The van der Waals surface area contributed by atoms with Crippen molar-refractivity contribution in [2.75, 3.05) is 18.5 Å². The van der Waals surface area contributed by atoms with Crippen LogP contribution in [0.15, 0.2) is 36.5 Å². The number of carbonyl (C=O) groups excluding carboxylic acids is 1. The Kier molecular flexibility index (Phi) is 4.20. The predicted octanol–water partition coefficient (Wildman–Crippen LogP) is 1.95. The number of carbonyl (C=O) groups is 1. The number of benzene rings is 1. The van der Waals surface area contributed by atoms with Crippen LogP contribution in [0.25, 0.3) is 0 Å². The van der Waals surface area contributed by atoms with Gasteiger partial charge in [-0.05, 0) is 37.3 Å². The molecule has 2 aromatic rings. The number of aliphatic hydroxyl groups excluding tert-OH is 1. The number of aliphatic hydroxyl groups is 1. The van der Waals surface area contributed by atoms with Gasteiger partial charge in [0.15, 0.2) is 0 Å². The maximum Gasteiger partial charge on any atom is 0.257 e. The zero-order valence-corrected chi connectivity index (χ0v) is 10.6. The Hall–Kier alpha value is -2.27. The first kappa shape index (κ1) is 13.2. The van der Waals surface area contributed by atoms with Gasteiger partial charge in [-0.3, -0.25) is 4.79 Å². The van der Waals surface area contributed by atoms with Gasteiger partial charge < -0.3 is 20.1 Å². The second-order valence-corrected chi connectivity index (χ2v) is 4.07. The molecule has 5 nitrogen and oxygen atoms in total. The first-order chi connectivity index (χ1) is 9.20. The molecule has 0 saturated carbocycles. The largest absolute Gasteiger partial charge is 0.491 e. The zero-order chi connectivity index (χ0) is 13.7. The van der Waals surface area contributed by atoms with Crippen LogP contribution in [0.5, 0.6) is 5.75 Å². The van der Waals surface area contributed by atoms with Crippen molar-refractivity contribution in [2.24, 2.45) is 0 Å². The Morgan fingerprint density at radius 1 is 1.32 bits per heavy atom. The van der Waals surface area contributed by atoms with Crippen molar-refractivity contribution in [1.29, 1.82) is 0 Å². The summed E-state index contributed by atoms with van der Waals surface area (Å²) < 4.78 is 5.24. The molecule has 0 aliphatic carbocycles. The van der Waals surface area contributed by atoms with E-state index in [1.54, 1.807) is 36.5 Å². The zero-order valence-electron chi connectivity index (χ0n) is 10.6. The van der Waals surface area contributed by atoms with Gasteiger partial charge in [-0.2, -0.15) is 0 Å². The fraction of sp³-hybridized carbons (Fsp3) is 0.214. The summed E-state index contributed by atoms with van der Waals surface area (Å²) in [6.07, 6.45) is 1.73. The molecule has 100 valence electrons. The molecular formula is C14H16N2O3. The molecule has 0 fully saturated rings. The molecule has 0 unspecified atom stereocenters. The molecule has 1 heterocycles. The van der Waals surface area contributed by atoms with Crippen molar-refractivity contribution < 1.29 is 14.6 Å². The standard InChI is InChI=1S/C14H16N2O3/c1-10-13(6-7-15-10)14(18)16-11-2-4-12(5-3-11)19-9-8-17/h2-7,15,17H,8-9H2,1H3,(H,16,18). The van der Waals surface area contributed by atoms with E-state index in [0.29, 0.717) is 17.0 Å². The monoisotopic (exact) mass is 260 g/mol. The summed E-state index contributed by atoms with van der Waals surface area (Å²) in [5.74, 6) is 0.507. The average molecular weight is 260 g/mol. The van der Waals surface area contributed by atoms with Crippen molar-refractivity contribution in [2.45, 2.75) is 6.92 Å². The number of anilines is 1. The Morgan fingerprint density at radius 3 is 2.63 bits per heavy atom. The van der Waals surface area contributed by atoms with E-state index in [1.807, 2.05) is 6.92 Å². The maximum absolute atomic E-state index is 12.0. The molecule has 19 heavy (non-hydrogen) atoms. The molecular weight excluding hydrogens is 244 g/mol. The van der Waals surface area contributed by atoms with Crippen LogP contribution >= 0.6 is 0 Å². The lowest BCUT2D eigenvalue weighted by Crippen LogP contribution is -2.12. The summed E-state index contributed by atoms with van der Waals surface area (Å²) in [5, 5.41) is 11.5. The SMILES string of the molecule is Cc1[nH]ccc1C(=O)Nc1ccc(OCCO)cc1. The van der Waals surface area contributed by atoms with Crippen molar-refractivity contribution in [1.82, 2.24) is 4.98 Å². The second kappa shape index (κ2) is 6.06. The summed E-state index contributed by atoms with van der Waals surface area (Å²) >= 11 is 0. The van der Waals surface area contributed by atoms with E-state index in [1.165, 1.54) is 0 Å². The molecule has 0 aliphatic heterocycles. The van der Waals surface area contributed by atoms with Crippen LogP contribution in [-0.2, 0) is 0 Å². The first-order valence-corrected chi connectivity index (χ1v) is 6.00.